The van der Waals surface area contributed by atoms with Crippen LogP contribution < -0.4 is 0 Å². The van der Waals surface area contributed by atoms with E-state index in [9.17, 15) is 9.90 Å². The van der Waals surface area contributed by atoms with Crippen LogP contribution in [0.2, 0.25) is 0 Å². The molecule has 2 atom stereocenters. The number of likely N-dealkylation sites (tertiary alicyclic amines) is 1. The molecule has 1 amide bonds. The summed E-state index contributed by atoms with van der Waals surface area (Å²) in [5.41, 5.74) is -1.18. The molecule has 1 spiro atoms. The molecule has 0 radical (unpaired) electrons. The van der Waals surface area contributed by atoms with E-state index in [2.05, 4.69) is 4.90 Å². The third kappa shape index (κ3) is 3.62. The van der Waals surface area contributed by atoms with Gasteiger partial charge in [-0.25, -0.2) is 0 Å². The zero-order chi connectivity index (χ0) is 17.4. The van der Waals surface area contributed by atoms with Crippen molar-refractivity contribution in [2.24, 2.45) is 0 Å². The minimum absolute atomic E-state index is 0.00281. The number of amides is 1. The highest BCUT2D eigenvalue weighted by Crippen LogP contribution is 2.40. The van der Waals surface area contributed by atoms with Crippen molar-refractivity contribution < 1.29 is 19.4 Å². The Labute approximate surface area is 145 Å². The first kappa shape index (κ1) is 18.1. The van der Waals surface area contributed by atoms with Gasteiger partial charge in [0.1, 0.15) is 5.60 Å². The number of hydrogen-bond donors (Lipinski definition) is 1. The van der Waals surface area contributed by atoms with Gasteiger partial charge in [0.2, 0.25) is 5.91 Å². The number of carbonyl (C=O) groups is 1. The third-order valence-electron chi connectivity index (χ3n) is 6.33. The van der Waals surface area contributed by atoms with Gasteiger partial charge in [-0.05, 0) is 39.0 Å². The van der Waals surface area contributed by atoms with E-state index in [1.807, 2.05) is 0 Å². The Balaban J connectivity index is 1.63. The van der Waals surface area contributed by atoms with E-state index in [-0.39, 0.29) is 17.6 Å². The normalized spacial score (nSPS) is 35.1. The van der Waals surface area contributed by atoms with E-state index in [4.69, 9.17) is 9.47 Å². The molecule has 6 nitrogen and oxygen atoms in total. The van der Waals surface area contributed by atoms with Gasteiger partial charge in [-0.3, -0.25) is 9.69 Å². The van der Waals surface area contributed by atoms with Gasteiger partial charge in [0.25, 0.3) is 0 Å². The zero-order valence-electron chi connectivity index (χ0n) is 15.3. The maximum Gasteiger partial charge on any atom is 0.219 e. The average Bonchev–Trinajstić information content (AvgIpc) is 2.58. The summed E-state index contributed by atoms with van der Waals surface area (Å²) in [6.07, 6.45) is 4.92. The van der Waals surface area contributed by atoms with Gasteiger partial charge < -0.3 is 19.5 Å². The van der Waals surface area contributed by atoms with Crippen LogP contribution in [0.1, 0.15) is 46.0 Å². The van der Waals surface area contributed by atoms with Crippen LogP contribution in [-0.2, 0) is 14.3 Å². The maximum absolute atomic E-state index is 11.8. The molecule has 138 valence electrons. The SMILES string of the molecule is CC(=O)N(C)[C@H]1CC2(CCN(C3CCOCC3)CC2)OC[C@]1(C)O. The van der Waals surface area contributed by atoms with Crippen LogP contribution in [0.25, 0.3) is 0 Å². The number of likely N-dealkylation sites (N-methyl/N-ethyl adjacent to an activating group) is 1. The van der Waals surface area contributed by atoms with Crippen LogP contribution in [0.3, 0.4) is 0 Å². The van der Waals surface area contributed by atoms with Crippen LogP contribution >= 0.6 is 0 Å². The number of rotatable bonds is 2. The molecule has 24 heavy (non-hydrogen) atoms. The molecular weight excluding hydrogens is 308 g/mol. The van der Waals surface area contributed by atoms with Crippen molar-refractivity contribution in [2.45, 2.75) is 69.2 Å². The van der Waals surface area contributed by atoms with Crippen molar-refractivity contribution in [3.05, 3.63) is 0 Å². The quantitative estimate of drug-likeness (QED) is 0.813. The van der Waals surface area contributed by atoms with Gasteiger partial charge in [-0.2, -0.15) is 0 Å². The van der Waals surface area contributed by atoms with Crippen molar-refractivity contribution in [2.75, 3.05) is 40.0 Å². The molecule has 3 aliphatic heterocycles. The van der Waals surface area contributed by atoms with Gasteiger partial charge in [0.05, 0.1) is 18.2 Å². The molecule has 3 fully saturated rings. The second-order valence-corrected chi connectivity index (χ2v) is 8.06. The predicted molar refractivity (Wildman–Crippen MR) is 90.8 cm³/mol. The summed E-state index contributed by atoms with van der Waals surface area (Å²) in [4.78, 5) is 16.1. The molecule has 0 aromatic rings. The first-order valence-corrected chi connectivity index (χ1v) is 9.25. The van der Waals surface area contributed by atoms with Gasteiger partial charge in [-0.15, -0.1) is 0 Å². The highest BCUT2D eigenvalue weighted by molar-refractivity contribution is 5.73. The number of nitrogens with zero attached hydrogens (tertiary/aromatic N) is 2. The summed E-state index contributed by atoms with van der Waals surface area (Å²) in [5, 5.41) is 10.7. The Kier molecular flexibility index (Phi) is 5.21. The fourth-order valence-electron chi connectivity index (χ4n) is 4.50. The second kappa shape index (κ2) is 6.90. The third-order valence-corrected chi connectivity index (χ3v) is 6.33. The minimum atomic E-state index is -0.983. The van der Waals surface area contributed by atoms with Gasteiger partial charge in [0, 0.05) is 46.3 Å². The summed E-state index contributed by atoms with van der Waals surface area (Å²) >= 11 is 0. The molecule has 3 rings (SSSR count). The van der Waals surface area contributed by atoms with Crippen LogP contribution in [0, 0.1) is 0 Å². The van der Waals surface area contributed by atoms with E-state index in [1.165, 1.54) is 0 Å². The van der Waals surface area contributed by atoms with Crippen LogP contribution in [0.5, 0.6) is 0 Å². The summed E-state index contributed by atoms with van der Waals surface area (Å²) in [7, 11) is 1.79. The Morgan fingerprint density at radius 1 is 1.25 bits per heavy atom. The van der Waals surface area contributed by atoms with Crippen molar-refractivity contribution in [1.29, 1.82) is 0 Å². The summed E-state index contributed by atoms with van der Waals surface area (Å²) in [6.45, 7) is 7.45. The van der Waals surface area contributed by atoms with E-state index in [1.54, 1.807) is 25.8 Å². The molecule has 0 aromatic carbocycles. The van der Waals surface area contributed by atoms with E-state index < -0.39 is 5.60 Å². The molecule has 3 aliphatic rings. The second-order valence-electron chi connectivity index (χ2n) is 8.06. The number of hydrogen-bond acceptors (Lipinski definition) is 5. The molecule has 0 aromatic heterocycles. The van der Waals surface area contributed by atoms with Crippen LogP contribution in [0.15, 0.2) is 0 Å². The lowest BCUT2D eigenvalue weighted by Crippen LogP contribution is -2.64. The standard InChI is InChI=1S/C18H32N2O4/c1-14(21)19(3)16-12-18(24-13-17(16,2)22)6-8-20(9-7-18)15-4-10-23-11-5-15/h15-16,22H,4-13H2,1-3H3/t16-,17-/m0/s1. The largest absolute Gasteiger partial charge is 0.386 e. The van der Waals surface area contributed by atoms with Crippen molar-refractivity contribution in [1.82, 2.24) is 9.80 Å². The van der Waals surface area contributed by atoms with Crippen LogP contribution in [0.4, 0.5) is 0 Å². The maximum atomic E-state index is 11.8. The monoisotopic (exact) mass is 340 g/mol. The number of carbonyl (C=O) groups excluding carboxylic acids is 1. The molecule has 0 unspecified atom stereocenters. The molecule has 6 heteroatoms. The average molecular weight is 340 g/mol. The van der Waals surface area contributed by atoms with E-state index in [0.717, 1.165) is 58.4 Å². The molecule has 1 N–H and O–H groups in total. The van der Waals surface area contributed by atoms with Gasteiger partial charge in [-0.1, -0.05) is 0 Å². The molecule has 3 heterocycles. The van der Waals surface area contributed by atoms with Crippen LogP contribution in [-0.4, -0.2) is 84.1 Å². The molecule has 0 aliphatic carbocycles. The Morgan fingerprint density at radius 2 is 1.88 bits per heavy atom. The topological polar surface area (TPSA) is 62.2 Å². The van der Waals surface area contributed by atoms with E-state index >= 15 is 0 Å². The fraction of sp³-hybridized carbons (Fsp3) is 0.944. The predicted octanol–water partition coefficient (Wildman–Crippen LogP) is 1.02. The van der Waals surface area contributed by atoms with Crippen molar-refractivity contribution >= 4 is 5.91 Å². The number of aliphatic hydroxyl groups is 1. The molecule has 3 saturated heterocycles. The minimum Gasteiger partial charge on any atom is -0.386 e. The van der Waals surface area contributed by atoms with E-state index in [0.29, 0.717) is 12.6 Å². The summed E-state index contributed by atoms with van der Waals surface area (Å²) in [6, 6.07) is 0.455. The molecular formula is C18H32N2O4. The molecule has 0 bridgehead atoms. The van der Waals surface area contributed by atoms with Gasteiger partial charge in [0.15, 0.2) is 0 Å². The van der Waals surface area contributed by atoms with Crippen molar-refractivity contribution in [3.63, 3.8) is 0 Å². The smallest absolute Gasteiger partial charge is 0.219 e. The Morgan fingerprint density at radius 3 is 2.46 bits per heavy atom. The number of piperidine rings is 1. The first-order valence-electron chi connectivity index (χ1n) is 9.25. The Bertz CT molecular complexity index is 454. The Hall–Kier alpha value is -0.690. The summed E-state index contributed by atoms with van der Waals surface area (Å²) < 4.78 is 11.6. The first-order chi connectivity index (χ1) is 11.3. The lowest BCUT2D eigenvalue weighted by Gasteiger charge is -2.53. The lowest BCUT2D eigenvalue weighted by molar-refractivity contribution is -0.211. The van der Waals surface area contributed by atoms with Gasteiger partial charge >= 0.3 is 0 Å². The fourth-order valence-corrected chi connectivity index (χ4v) is 4.50. The number of ether oxygens (including phenoxy) is 2. The highest BCUT2D eigenvalue weighted by Gasteiger charge is 2.50. The zero-order valence-corrected chi connectivity index (χ0v) is 15.3. The van der Waals surface area contributed by atoms with Crippen molar-refractivity contribution in [3.8, 4) is 0 Å². The summed E-state index contributed by atoms with van der Waals surface area (Å²) in [5.74, 6) is -0.00281. The molecule has 0 saturated carbocycles. The lowest BCUT2D eigenvalue weighted by atomic mass is 9.76. The highest BCUT2D eigenvalue weighted by atomic mass is 16.5.